The average molecular weight is 534 g/mol. The number of carbonyl (C=O) groups excluding carboxylic acids is 2. The average Bonchev–Trinajstić information content (AvgIpc) is 2.82. The maximum atomic E-state index is 13.5. The van der Waals surface area contributed by atoms with Crippen LogP contribution in [0.4, 0.5) is 0 Å². The van der Waals surface area contributed by atoms with Crippen molar-refractivity contribution in [3.8, 4) is 5.75 Å². The minimum atomic E-state index is -3.93. The molecule has 0 saturated heterocycles. The Labute approximate surface area is 220 Å². The van der Waals surface area contributed by atoms with Crippen molar-refractivity contribution < 1.29 is 32.6 Å². The summed E-state index contributed by atoms with van der Waals surface area (Å²) >= 11 is 0. The van der Waals surface area contributed by atoms with E-state index >= 15 is 0 Å². The maximum absolute atomic E-state index is 13.5. The molecule has 0 saturated carbocycles. The van der Waals surface area contributed by atoms with E-state index in [0.29, 0.717) is 17.7 Å². The lowest BCUT2D eigenvalue weighted by Crippen LogP contribution is -2.43. The Hall–Kier alpha value is -2.75. The largest absolute Gasteiger partial charge is 0.497 e. The van der Waals surface area contributed by atoms with Crippen LogP contribution in [0.15, 0.2) is 53.4 Å². The summed E-state index contributed by atoms with van der Waals surface area (Å²) in [6.07, 6.45) is -0.195. The van der Waals surface area contributed by atoms with Gasteiger partial charge in [-0.15, -0.1) is 0 Å². The predicted molar refractivity (Wildman–Crippen MR) is 142 cm³/mol. The van der Waals surface area contributed by atoms with E-state index < -0.39 is 33.6 Å². The number of rotatable bonds is 13. The standard InChI is InChI=1S/C28H39NO7S/c1-20(2)17-29(37(33,34)25-13-11-24(35-6)12-14-25)18-26(31)23(16-27(32)36-28(3,4)5)15-21-7-9-22(19-30)10-8-21/h7-14,19-20,23,26,31H,15-18H2,1-6H3/t23?,26-/m1/s1. The summed E-state index contributed by atoms with van der Waals surface area (Å²) in [5, 5.41) is 11.3. The summed E-state index contributed by atoms with van der Waals surface area (Å²) in [6, 6.07) is 12.9. The topological polar surface area (TPSA) is 110 Å². The fourth-order valence-electron chi connectivity index (χ4n) is 3.91. The molecule has 0 aromatic heterocycles. The highest BCUT2D eigenvalue weighted by Gasteiger charge is 2.32. The third-order valence-electron chi connectivity index (χ3n) is 5.66. The molecule has 0 spiro atoms. The molecule has 0 aliphatic heterocycles. The first-order valence-electron chi connectivity index (χ1n) is 12.3. The van der Waals surface area contributed by atoms with Crippen LogP contribution in [-0.2, 0) is 26.0 Å². The van der Waals surface area contributed by atoms with Crippen LogP contribution in [0.1, 0.15) is 57.0 Å². The number of esters is 1. The SMILES string of the molecule is COc1ccc(S(=O)(=O)N(CC(C)C)C[C@@H](O)C(CC(=O)OC(C)(C)C)Cc2ccc(C=O)cc2)cc1. The minimum absolute atomic E-state index is 0.000384. The van der Waals surface area contributed by atoms with E-state index in [1.165, 1.54) is 23.5 Å². The van der Waals surface area contributed by atoms with Gasteiger partial charge in [-0.3, -0.25) is 9.59 Å². The highest BCUT2D eigenvalue weighted by Crippen LogP contribution is 2.25. The molecule has 0 bridgehead atoms. The molecule has 1 N–H and O–H groups in total. The molecule has 2 aromatic rings. The molecule has 0 radical (unpaired) electrons. The van der Waals surface area contributed by atoms with Crippen molar-refractivity contribution in [3.05, 3.63) is 59.7 Å². The molecule has 0 aliphatic rings. The second kappa shape index (κ2) is 13.2. The first kappa shape index (κ1) is 30.5. The molecular formula is C28H39NO7S. The van der Waals surface area contributed by atoms with Gasteiger partial charge in [0.1, 0.15) is 17.6 Å². The number of hydrogen-bond donors (Lipinski definition) is 1. The first-order chi connectivity index (χ1) is 17.2. The molecular weight excluding hydrogens is 494 g/mol. The second-order valence-electron chi connectivity index (χ2n) is 10.6. The van der Waals surface area contributed by atoms with E-state index in [2.05, 4.69) is 0 Å². The van der Waals surface area contributed by atoms with Gasteiger partial charge in [0.05, 0.1) is 24.5 Å². The van der Waals surface area contributed by atoms with Crippen molar-refractivity contribution in [3.63, 3.8) is 0 Å². The number of benzene rings is 2. The molecule has 2 atom stereocenters. The number of aliphatic hydroxyl groups excluding tert-OH is 1. The summed E-state index contributed by atoms with van der Waals surface area (Å²) in [5.41, 5.74) is 0.632. The molecule has 0 heterocycles. The summed E-state index contributed by atoms with van der Waals surface area (Å²) in [6.45, 7) is 9.09. The fourth-order valence-corrected chi connectivity index (χ4v) is 5.53. The monoisotopic (exact) mass is 533 g/mol. The van der Waals surface area contributed by atoms with Crippen LogP contribution in [0.2, 0.25) is 0 Å². The summed E-state index contributed by atoms with van der Waals surface area (Å²) in [4.78, 5) is 23.8. The number of nitrogens with zero attached hydrogens (tertiary/aromatic N) is 1. The molecule has 2 rings (SSSR count). The lowest BCUT2D eigenvalue weighted by Gasteiger charge is -2.30. The van der Waals surface area contributed by atoms with E-state index in [1.54, 1.807) is 57.2 Å². The van der Waals surface area contributed by atoms with E-state index in [4.69, 9.17) is 9.47 Å². The quantitative estimate of drug-likeness (QED) is 0.305. The number of aldehydes is 1. The Morgan fingerprint density at radius 2 is 1.62 bits per heavy atom. The van der Waals surface area contributed by atoms with Gasteiger partial charge < -0.3 is 14.6 Å². The van der Waals surface area contributed by atoms with Crippen molar-refractivity contribution in [2.45, 2.75) is 64.1 Å². The van der Waals surface area contributed by atoms with Crippen molar-refractivity contribution >= 4 is 22.3 Å². The van der Waals surface area contributed by atoms with Crippen LogP contribution in [0, 0.1) is 11.8 Å². The van der Waals surface area contributed by atoms with Gasteiger partial charge in [-0.1, -0.05) is 38.1 Å². The summed E-state index contributed by atoms with van der Waals surface area (Å²) in [7, 11) is -2.42. The Morgan fingerprint density at radius 3 is 2.11 bits per heavy atom. The Bertz CT molecular complexity index is 1120. The Balaban J connectivity index is 2.34. The van der Waals surface area contributed by atoms with Crippen molar-refractivity contribution in [2.24, 2.45) is 11.8 Å². The van der Waals surface area contributed by atoms with E-state index in [0.717, 1.165) is 11.8 Å². The Morgan fingerprint density at radius 1 is 1.03 bits per heavy atom. The molecule has 0 amide bonds. The molecule has 0 aliphatic carbocycles. The third-order valence-corrected chi connectivity index (χ3v) is 7.51. The third kappa shape index (κ3) is 9.57. The number of hydrogen-bond acceptors (Lipinski definition) is 7. The zero-order valence-electron chi connectivity index (χ0n) is 22.5. The van der Waals surface area contributed by atoms with Gasteiger partial charge in [0.25, 0.3) is 0 Å². The van der Waals surface area contributed by atoms with Crippen LogP contribution in [0.3, 0.4) is 0 Å². The summed E-state index contributed by atoms with van der Waals surface area (Å²) in [5.74, 6) is -0.556. The van der Waals surface area contributed by atoms with Gasteiger partial charge in [0, 0.05) is 24.6 Å². The van der Waals surface area contributed by atoms with E-state index in [-0.39, 0.29) is 30.3 Å². The van der Waals surface area contributed by atoms with Crippen LogP contribution < -0.4 is 4.74 Å². The van der Waals surface area contributed by atoms with Crippen molar-refractivity contribution in [1.82, 2.24) is 4.31 Å². The highest BCUT2D eigenvalue weighted by molar-refractivity contribution is 7.89. The molecule has 2 aromatic carbocycles. The normalized spacial score (nSPS) is 13.9. The molecule has 204 valence electrons. The number of methoxy groups -OCH3 is 1. The van der Waals surface area contributed by atoms with Gasteiger partial charge in [-0.2, -0.15) is 4.31 Å². The highest BCUT2D eigenvalue weighted by atomic mass is 32.2. The molecule has 9 heteroatoms. The molecule has 0 fully saturated rings. The van der Waals surface area contributed by atoms with Crippen LogP contribution in [-0.4, -0.2) is 62.0 Å². The van der Waals surface area contributed by atoms with Gasteiger partial charge in [0.2, 0.25) is 10.0 Å². The van der Waals surface area contributed by atoms with Gasteiger partial charge in [0.15, 0.2) is 0 Å². The second-order valence-corrected chi connectivity index (χ2v) is 12.5. The zero-order valence-corrected chi connectivity index (χ0v) is 23.3. The van der Waals surface area contributed by atoms with Gasteiger partial charge in [-0.25, -0.2) is 8.42 Å². The smallest absolute Gasteiger partial charge is 0.306 e. The van der Waals surface area contributed by atoms with Gasteiger partial charge >= 0.3 is 5.97 Å². The van der Waals surface area contributed by atoms with Crippen LogP contribution in [0.5, 0.6) is 5.75 Å². The molecule has 8 nitrogen and oxygen atoms in total. The number of carbonyl (C=O) groups is 2. The maximum Gasteiger partial charge on any atom is 0.306 e. The number of aliphatic hydroxyl groups is 1. The molecule has 37 heavy (non-hydrogen) atoms. The summed E-state index contributed by atoms with van der Waals surface area (Å²) < 4.78 is 38.9. The lowest BCUT2D eigenvalue weighted by molar-refractivity contribution is -0.157. The van der Waals surface area contributed by atoms with E-state index in [9.17, 15) is 23.1 Å². The molecule has 1 unspecified atom stereocenters. The van der Waals surface area contributed by atoms with E-state index in [1.807, 2.05) is 13.8 Å². The minimum Gasteiger partial charge on any atom is -0.497 e. The zero-order chi connectivity index (χ0) is 27.8. The van der Waals surface area contributed by atoms with Gasteiger partial charge in [-0.05, 0) is 62.9 Å². The number of sulfonamides is 1. The van der Waals surface area contributed by atoms with Crippen molar-refractivity contribution in [1.29, 1.82) is 0 Å². The Kier molecular flexibility index (Phi) is 10.8. The number of ether oxygens (including phenoxy) is 2. The van der Waals surface area contributed by atoms with Crippen LogP contribution >= 0.6 is 0 Å². The predicted octanol–water partition coefficient (Wildman–Crippen LogP) is 4.11. The fraction of sp³-hybridized carbons (Fsp3) is 0.500. The first-order valence-corrected chi connectivity index (χ1v) is 13.8. The van der Waals surface area contributed by atoms with Crippen LogP contribution in [0.25, 0.3) is 0 Å². The lowest BCUT2D eigenvalue weighted by atomic mass is 9.90. The van der Waals surface area contributed by atoms with Crippen molar-refractivity contribution in [2.75, 3.05) is 20.2 Å².